The zero-order chi connectivity index (χ0) is 24.4. The van der Waals surface area contributed by atoms with E-state index < -0.39 is 11.8 Å². The van der Waals surface area contributed by atoms with Crippen LogP contribution in [-0.2, 0) is 14.4 Å². The molecule has 2 rings (SSSR count). The molecule has 0 aliphatic rings. The Bertz CT molecular complexity index is 1040. The van der Waals surface area contributed by atoms with Crippen LogP contribution >= 0.6 is 15.9 Å². The van der Waals surface area contributed by atoms with Gasteiger partial charge in [0.15, 0.2) is 18.1 Å². The first kappa shape index (κ1) is 25.9. The number of carbonyl (C=O) groups excluding carboxylic acids is 3. The van der Waals surface area contributed by atoms with Gasteiger partial charge in [-0.2, -0.15) is 5.10 Å². The van der Waals surface area contributed by atoms with Gasteiger partial charge in [0.05, 0.1) is 17.8 Å². The first-order valence-corrected chi connectivity index (χ1v) is 11.0. The summed E-state index contributed by atoms with van der Waals surface area (Å²) in [4.78, 5) is 35.7. The van der Waals surface area contributed by atoms with Crippen molar-refractivity contribution in [3.8, 4) is 11.5 Å². The summed E-state index contributed by atoms with van der Waals surface area (Å²) in [6, 6.07) is 10.7. The SMILES string of the molecule is COc1cc(/C=N\NC(=O)C(=O)NCC(C)C)cc(Br)c1OCC(=O)Nc1cccc(C)c1. The molecule has 0 aromatic heterocycles. The molecule has 2 aromatic rings. The molecular formula is C23H27BrN4O5. The third-order valence-electron chi connectivity index (χ3n) is 4.16. The Balaban J connectivity index is 1.98. The average Bonchev–Trinajstić information content (AvgIpc) is 2.76. The number of carbonyl (C=O) groups is 3. The summed E-state index contributed by atoms with van der Waals surface area (Å²) in [6.07, 6.45) is 1.36. The smallest absolute Gasteiger partial charge is 0.329 e. The fourth-order valence-corrected chi connectivity index (χ4v) is 3.18. The van der Waals surface area contributed by atoms with Gasteiger partial charge < -0.3 is 20.1 Å². The second kappa shape index (κ2) is 12.6. The van der Waals surface area contributed by atoms with Gasteiger partial charge in [0.25, 0.3) is 5.91 Å². The lowest BCUT2D eigenvalue weighted by atomic mass is 10.2. The molecule has 0 unspecified atom stereocenters. The Morgan fingerprint density at radius 1 is 1.15 bits per heavy atom. The lowest BCUT2D eigenvalue weighted by Crippen LogP contribution is -2.39. The molecule has 0 saturated carbocycles. The number of hydrogen-bond acceptors (Lipinski definition) is 6. The number of nitrogens with one attached hydrogen (secondary N) is 3. The molecule has 176 valence electrons. The van der Waals surface area contributed by atoms with Crippen molar-refractivity contribution in [3.05, 3.63) is 52.0 Å². The van der Waals surface area contributed by atoms with Crippen LogP contribution in [0.1, 0.15) is 25.0 Å². The van der Waals surface area contributed by atoms with Gasteiger partial charge in [0, 0.05) is 12.2 Å². The summed E-state index contributed by atoms with van der Waals surface area (Å²) in [5, 5.41) is 9.07. The van der Waals surface area contributed by atoms with E-state index in [2.05, 4.69) is 37.1 Å². The molecule has 0 saturated heterocycles. The second-order valence-corrected chi connectivity index (χ2v) is 8.40. The van der Waals surface area contributed by atoms with Crippen LogP contribution in [0.2, 0.25) is 0 Å². The predicted octanol–water partition coefficient (Wildman–Crippen LogP) is 3.01. The molecule has 9 nitrogen and oxygen atoms in total. The van der Waals surface area contributed by atoms with E-state index in [-0.39, 0.29) is 18.4 Å². The van der Waals surface area contributed by atoms with Gasteiger partial charge in [-0.3, -0.25) is 14.4 Å². The van der Waals surface area contributed by atoms with E-state index in [1.54, 1.807) is 18.2 Å². The number of methoxy groups -OCH3 is 1. The Kier molecular flexibility index (Phi) is 9.86. The van der Waals surface area contributed by atoms with Crippen LogP contribution in [0.25, 0.3) is 0 Å². The topological polar surface area (TPSA) is 118 Å². The molecule has 3 N–H and O–H groups in total. The van der Waals surface area contributed by atoms with Gasteiger partial charge in [-0.15, -0.1) is 0 Å². The van der Waals surface area contributed by atoms with Gasteiger partial charge >= 0.3 is 11.8 Å². The van der Waals surface area contributed by atoms with Crippen molar-refractivity contribution in [2.24, 2.45) is 11.0 Å². The number of hydrogen-bond donors (Lipinski definition) is 3. The number of nitrogens with zero attached hydrogens (tertiary/aromatic N) is 1. The van der Waals surface area contributed by atoms with Crippen molar-refractivity contribution >= 4 is 45.6 Å². The maximum absolute atomic E-state index is 12.2. The largest absolute Gasteiger partial charge is 0.493 e. The minimum Gasteiger partial charge on any atom is -0.493 e. The van der Waals surface area contributed by atoms with E-state index in [9.17, 15) is 14.4 Å². The highest BCUT2D eigenvalue weighted by Gasteiger charge is 2.15. The quantitative estimate of drug-likeness (QED) is 0.268. The lowest BCUT2D eigenvalue weighted by Gasteiger charge is -2.13. The number of ether oxygens (including phenoxy) is 2. The number of rotatable bonds is 9. The third kappa shape index (κ3) is 8.57. The van der Waals surface area contributed by atoms with E-state index in [4.69, 9.17) is 9.47 Å². The van der Waals surface area contributed by atoms with Gasteiger partial charge in [-0.1, -0.05) is 26.0 Å². The maximum Gasteiger partial charge on any atom is 0.329 e. The summed E-state index contributed by atoms with van der Waals surface area (Å²) in [5.41, 5.74) is 4.45. The molecule has 0 bridgehead atoms. The molecule has 0 radical (unpaired) electrons. The zero-order valence-corrected chi connectivity index (χ0v) is 20.5. The third-order valence-corrected chi connectivity index (χ3v) is 4.75. The number of hydrazone groups is 1. The second-order valence-electron chi connectivity index (χ2n) is 7.54. The maximum atomic E-state index is 12.2. The summed E-state index contributed by atoms with van der Waals surface area (Å²) >= 11 is 3.39. The monoisotopic (exact) mass is 518 g/mol. The summed E-state index contributed by atoms with van der Waals surface area (Å²) < 4.78 is 11.5. The summed E-state index contributed by atoms with van der Waals surface area (Å²) in [6.45, 7) is 5.95. The number of anilines is 1. The highest BCUT2D eigenvalue weighted by molar-refractivity contribution is 9.10. The fraction of sp³-hybridized carbons (Fsp3) is 0.304. The van der Waals surface area contributed by atoms with E-state index in [1.165, 1.54) is 13.3 Å². The lowest BCUT2D eigenvalue weighted by molar-refractivity contribution is -0.139. The van der Waals surface area contributed by atoms with Crippen molar-refractivity contribution in [2.75, 3.05) is 25.6 Å². The first-order valence-electron chi connectivity index (χ1n) is 10.2. The fourth-order valence-electron chi connectivity index (χ4n) is 2.61. The van der Waals surface area contributed by atoms with E-state index in [0.717, 1.165) is 5.56 Å². The molecule has 0 atom stereocenters. The normalized spacial score (nSPS) is 10.7. The Morgan fingerprint density at radius 3 is 2.58 bits per heavy atom. The van der Waals surface area contributed by atoms with E-state index >= 15 is 0 Å². The number of amides is 3. The first-order chi connectivity index (χ1) is 15.7. The number of aryl methyl sites for hydroxylation is 1. The van der Waals surface area contributed by atoms with Crippen LogP contribution in [0.5, 0.6) is 11.5 Å². The van der Waals surface area contributed by atoms with E-state index in [0.29, 0.717) is 33.8 Å². The Labute approximate surface area is 201 Å². The Hall–Kier alpha value is -3.40. The Morgan fingerprint density at radius 2 is 1.91 bits per heavy atom. The molecule has 0 aliphatic heterocycles. The van der Waals surface area contributed by atoms with Crippen LogP contribution in [-0.4, -0.2) is 44.2 Å². The van der Waals surface area contributed by atoms with Crippen molar-refractivity contribution in [1.82, 2.24) is 10.7 Å². The molecule has 0 fully saturated rings. The van der Waals surface area contributed by atoms with Crippen molar-refractivity contribution < 1.29 is 23.9 Å². The van der Waals surface area contributed by atoms with Crippen LogP contribution < -0.4 is 25.5 Å². The minimum atomic E-state index is -0.863. The van der Waals surface area contributed by atoms with Crippen LogP contribution in [0, 0.1) is 12.8 Å². The highest BCUT2D eigenvalue weighted by Crippen LogP contribution is 2.36. The van der Waals surface area contributed by atoms with Crippen LogP contribution in [0.4, 0.5) is 5.69 Å². The van der Waals surface area contributed by atoms with Crippen LogP contribution in [0.15, 0.2) is 46.0 Å². The van der Waals surface area contributed by atoms with Gasteiger partial charge in [-0.25, -0.2) is 5.43 Å². The van der Waals surface area contributed by atoms with Gasteiger partial charge in [0.2, 0.25) is 0 Å². The van der Waals surface area contributed by atoms with E-state index in [1.807, 2.05) is 39.0 Å². The van der Waals surface area contributed by atoms with Crippen LogP contribution in [0.3, 0.4) is 0 Å². The molecule has 10 heteroatoms. The van der Waals surface area contributed by atoms with Crippen molar-refractivity contribution in [1.29, 1.82) is 0 Å². The predicted molar refractivity (Wildman–Crippen MR) is 130 cm³/mol. The van der Waals surface area contributed by atoms with Gasteiger partial charge in [0.1, 0.15) is 0 Å². The molecule has 3 amide bonds. The van der Waals surface area contributed by atoms with Gasteiger partial charge in [-0.05, 0) is 64.2 Å². The van der Waals surface area contributed by atoms with Crippen molar-refractivity contribution in [2.45, 2.75) is 20.8 Å². The standard InChI is InChI=1S/C23H27BrN4O5/c1-14(2)11-25-22(30)23(31)28-26-12-16-9-18(24)21(19(10-16)32-4)33-13-20(29)27-17-7-5-6-15(3)8-17/h5-10,12,14H,11,13H2,1-4H3,(H,25,30)(H,27,29)(H,28,31)/b26-12-. The van der Waals surface area contributed by atoms with Crippen molar-refractivity contribution in [3.63, 3.8) is 0 Å². The average molecular weight is 519 g/mol. The minimum absolute atomic E-state index is 0.224. The number of halogens is 1. The molecule has 0 heterocycles. The number of benzene rings is 2. The molecule has 0 spiro atoms. The summed E-state index contributed by atoms with van der Waals surface area (Å²) in [7, 11) is 1.46. The molecular weight excluding hydrogens is 492 g/mol. The highest BCUT2D eigenvalue weighted by atomic mass is 79.9. The summed E-state index contributed by atoms with van der Waals surface area (Å²) in [5.74, 6) is -1.02. The molecule has 33 heavy (non-hydrogen) atoms. The molecule has 2 aromatic carbocycles. The molecule has 0 aliphatic carbocycles. The zero-order valence-electron chi connectivity index (χ0n) is 18.9.